The minimum absolute atomic E-state index is 0.0435. The highest BCUT2D eigenvalue weighted by atomic mass is 32.2. The Bertz CT molecular complexity index is 1230. The molecule has 9 heteroatoms. The lowest BCUT2D eigenvalue weighted by Gasteiger charge is -2.31. The smallest absolute Gasteiger partial charge is 0.240 e. The van der Waals surface area contributed by atoms with Gasteiger partial charge in [0.05, 0.1) is 4.90 Å². The average molecular weight is 496 g/mol. The summed E-state index contributed by atoms with van der Waals surface area (Å²) in [6, 6.07) is 21.7. The standard InChI is InChI=1S/C26H29N3O5S/c30-35(31,24-9-7-23(8-10-24)34-22-4-2-1-3-5-22)28-17-21(18-29-14-12-27-13-15-29)20-6-11-25-26(16-20)33-19-32-25/h1-11,16,21,27-28H,12-15,17-19H2. The fraction of sp³-hybridized carbons (Fsp3) is 0.308. The Hall–Kier alpha value is -3.11. The molecule has 2 aliphatic rings. The molecule has 2 aliphatic heterocycles. The molecule has 0 aliphatic carbocycles. The van der Waals surface area contributed by atoms with Crippen LogP contribution in [-0.4, -0.2) is 59.4 Å². The van der Waals surface area contributed by atoms with Crippen molar-refractivity contribution in [3.63, 3.8) is 0 Å². The van der Waals surface area contributed by atoms with Crippen LogP contribution in [0.1, 0.15) is 11.5 Å². The Kier molecular flexibility index (Phi) is 7.19. The van der Waals surface area contributed by atoms with E-state index in [2.05, 4.69) is 14.9 Å². The zero-order chi connectivity index (χ0) is 24.1. The molecule has 0 saturated carbocycles. The Morgan fingerprint density at radius 3 is 2.40 bits per heavy atom. The van der Waals surface area contributed by atoms with Gasteiger partial charge in [-0.15, -0.1) is 0 Å². The van der Waals surface area contributed by atoms with Gasteiger partial charge in [0.15, 0.2) is 11.5 Å². The third kappa shape index (κ3) is 5.94. The number of nitrogens with one attached hydrogen (secondary N) is 2. The molecule has 0 spiro atoms. The van der Waals surface area contributed by atoms with Gasteiger partial charge < -0.3 is 24.4 Å². The van der Waals surface area contributed by atoms with Gasteiger partial charge in [0.1, 0.15) is 11.5 Å². The topological polar surface area (TPSA) is 89.1 Å². The zero-order valence-electron chi connectivity index (χ0n) is 19.4. The second-order valence-corrected chi connectivity index (χ2v) is 10.4. The van der Waals surface area contributed by atoms with Gasteiger partial charge in [0.25, 0.3) is 0 Å². The Labute approximate surface area is 205 Å². The second-order valence-electron chi connectivity index (χ2n) is 8.60. The van der Waals surface area contributed by atoms with Crippen molar-refractivity contribution in [3.05, 3.63) is 78.4 Å². The van der Waals surface area contributed by atoms with E-state index in [9.17, 15) is 8.42 Å². The summed E-state index contributed by atoms with van der Waals surface area (Å²) < 4.78 is 45.8. The summed E-state index contributed by atoms with van der Waals surface area (Å²) in [4.78, 5) is 2.56. The Balaban J connectivity index is 1.28. The van der Waals surface area contributed by atoms with Crippen LogP contribution < -0.4 is 24.2 Å². The number of para-hydroxylation sites is 1. The van der Waals surface area contributed by atoms with Crippen molar-refractivity contribution in [2.24, 2.45) is 0 Å². The monoisotopic (exact) mass is 495 g/mol. The largest absolute Gasteiger partial charge is 0.457 e. The van der Waals surface area contributed by atoms with Crippen LogP contribution >= 0.6 is 0 Å². The number of rotatable bonds is 9. The van der Waals surface area contributed by atoms with Crippen molar-refractivity contribution in [2.75, 3.05) is 46.1 Å². The van der Waals surface area contributed by atoms with E-state index < -0.39 is 10.0 Å². The molecule has 35 heavy (non-hydrogen) atoms. The van der Waals surface area contributed by atoms with Gasteiger partial charge in [-0.1, -0.05) is 24.3 Å². The maximum absolute atomic E-state index is 13.1. The van der Waals surface area contributed by atoms with Crippen molar-refractivity contribution >= 4 is 10.0 Å². The third-order valence-electron chi connectivity index (χ3n) is 6.19. The maximum atomic E-state index is 13.1. The Morgan fingerprint density at radius 1 is 0.914 bits per heavy atom. The number of sulfonamides is 1. The minimum Gasteiger partial charge on any atom is -0.457 e. The van der Waals surface area contributed by atoms with Gasteiger partial charge in [0, 0.05) is 45.2 Å². The van der Waals surface area contributed by atoms with Crippen LogP contribution in [0.5, 0.6) is 23.0 Å². The number of ether oxygens (including phenoxy) is 3. The molecule has 0 amide bonds. The van der Waals surface area contributed by atoms with Crippen LogP contribution in [0.3, 0.4) is 0 Å². The lowest BCUT2D eigenvalue weighted by molar-refractivity contribution is 0.174. The van der Waals surface area contributed by atoms with Crippen LogP contribution in [0.25, 0.3) is 0 Å². The number of nitrogens with zero attached hydrogens (tertiary/aromatic N) is 1. The van der Waals surface area contributed by atoms with Crippen LogP contribution in [0.15, 0.2) is 77.7 Å². The lowest BCUT2D eigenvalue weighted by Crippen LogP contribution is -2.46. The zero-order valence-corrected chi connectivity index (χ0v) is 20.2. The number of hydrogen-bond acceptors (Lipinski definition) is 7. The first-order valence-corrected chi connectivity index (χ1v) is 13.2. The van der Waals surface area contributed by atoms with Gasteiger partial charge in [-0.2, -0.15) is 0 Å². The van der Waals surface area contributed by atoms with E-state index in [0.29, 0.717) is 23.0 Å². The SMILES string of the molecule is O=S(=O)(NCC(CN1CCNCC1)c1ccc2c(c1)OCO2)c1ccc(Oc2ccccc2)cc1. The average Bonchev–Trinajstić information content (AvgIpc) is 3.36. The van der Waals surface area contributed by atoms with Crippen molar-refractivity contribution < 1.29 is 22.6 Å². The summed E-state index contributed by atoms with van der Waals surface area (Å²) in [6.07, 6.45) is 0. The minimum atomic E-state index is -3.70. The summed E-state index contributed by atoms with van der Waals surface area (Å²) in [7, 11) is -3.70. The van der Waals surface area contributed by atoms with E-state index in [4.69, 9.17) is 14.2 Å². The van der Waals surface area contributed by atoms with Crippen molar-refractivity contribution in [1.82, 2.24) is 14.9 Å². The molecule has 1 saturated heterocycles. The lowest BCUT2D eigenvalue weighted by atomic mass is 9.98. The fourth-order valence-electron chi connectivity index (χ4n) is 4.27. The Morgan fingerprint density at radius 2 is 1.63 bits per heavy atom. The molecule has 8 nitrogen and oxygen atoms in total. The number of hydrogen-bond donors (Lipinski definition) is 2. The number of piperazine rings is 1. The van der Waals surface area contributed by atoms with Crippen LogP contribution in [0, 0.1) is 0 Å². The summed E-state index contributed by atoms with van der Waals surface area (Å²) in [5, 5.41) is 3.36. The molecule has 2 N–H and O–H groups in total. The van der Waals surface area contributed by atoms with E-state index in [1.807, 2.05) is 48.5 Å². The van der Waals surface area contributed by atoms with Crippen LogP contribution in [0.2, 0.25) is 0 Å². The van der Waals surface area contributed by atoms with Gasteiger partial charge in [-0.3, -0.25) is 0 Å². The third-order valence-corrected chi connectivity index (χ3v) is 7.63. The summed E-state index contributed by atoms with van der Waals surface area (Å²) in [5.41, 5.74) is 1.02. The van der Waals surface area contributed by atoms with Gasteiger partial charge in [-0.05, 0) is 54.1 Å². The first-order valence-electron chi connectivity index (χ1n) is 11.7. The quantitative estimate of drug-likeness (QED) is 0.471. The van der Waals surface area contributed by atoms with Crippen molar-refractivity contribution in [1.29, 1.82) is 0 Å². The molecule has 0 bridgehead atoms. The molecular weight excluding hydrogens is 466 g/mol. The summed E-state index contributed by atoms with van der Waals surface area (Å²) in [6.45, 7) is 4.93. The second kappa shape index (κ2) is 10.7. The molecule has 1 unspecified atom stereocenters. The number of benzene rings is 3. The first kappa shape index (κ1) is 23.6. The molecule has 0 radical (unpaired) electrons. The maximum Gasteiger partial charge on any atom is 0.240 e. The normalized spacial score (nSPS) is 16.7. The molecule has 3 aromatic rings. The van der Waals surface area contributed by atoms with Gasteiger partial charge >= 0.3 is 0 Å². The van der Waals surface area contributed by atoms with E-state index in [1.165, 1.54) is 0 Å². The fourth-order valence-corrected chi connectivity index (χ4v) is 5.35. The highest BCUT2D eigenvalue weighted by Crippen LogP contribution is 2.35. The predicted octanol–water partition coefficient (Wildman–Crippen LogP) is 3.17. The van der Waals surface area contributed by atoms with E-state index in [-0.39, 0.29) is 24.2 Å². The van der Waals surface area contributed by atoms with E-state index >= 15 is 0 Å². The van der Waals surface area contributed by atoms with Crippen LogP contribution in [0.4, 0.5) is 0 Å². The summed E-state index contributed by atoms with van der Waals surface area (Å²) in [5.74, 6) is 2.64. The van der Waals surface area contributed by atoms with Gasteiger partial charge in [-0.25, -0.2) is 13.1 Å². The molecule has 2 heterocycles. The molecule has 184 valence electrons. The molecule has 0 aromatic heterocycles. The molecule has 1 fully saturated rings. The number of fused-ring (bicyclic) bond motifs is 1. The van der Waals surface area contributed by atoms with E-state index in [0.717, 1.165) is 38.3 Å². The van der Waals surface area contributed by atoms with E-state index in [1.54, 1.807) is 24.3 Å². The molecular formula is C26H29N3O5S. The summed E-state index contributed by atoms with van der Waals surface area (Å²) >= 11 is 0. The molecule has 3 aromatic carbocycles. The van der Waals surface area contributed by atoms with Crippen molar-refractivity contribution in [3.8, 4) is 23.0 Å². The predicted molar refractivity (Wildman–Crippen MR) is 133 cm³/mol. The first-order chi connectivity index (χ1) is 17.1. The van der Waals surface area contributed by atoms with Crippen molar-refractivity contribution in [2.45, 2.75) is 10.8 Å². The highest BCUT2D eigenvalue weighted by molar-refractivity contribution is 7.89. The molecule has 5 rings (SSSR count). The molecule has 1 atom stereocenters. The van der Waals surface area contributed by atoms with Crippen LogP contribution in [-0.2, 0) is 10.0 Å². The highest BCUT2D eigenvalue weighted by Gasteiger charge is 2.24. The van der Waals surface area contributed by atoms with Gasteiger partial charge in [0.2, 0.25) is 16.8 Å².